The molecule has 27 heavy (non-hydrogen) atoms. The molecule has 0 amide bonds. The fraction of sp³-hybridized carbons (Fsp3) is 0.0833. The summed E-state index contributed by atoms with van der Waals surface area (Å²) in [6.07, 6.45) is 0. The van der Waals surface area contributed by atoms with Crippen molar-refractivity contribution in [1.82, 2.24) is 4.98 Å². The summed E-state index contributed by atoms with van der Waals surface area (Å²) >= 11 is 0. The topological polar surface area (TPSA) is 39.2 Å². The highest BCUT2D eigenvalue weighted by Gasteiger charge is 2.12. The molecule has 0 aliphatic heterocycles. The van der Waals surface area contributed by atoms with Crippen LogP contribution in [-0.2, 0) is 4.74 Å². The van der Waals surface area contributed by atoms with Gasteiger partial charge in [-0.25, -0.2) is 9.78 Å². The van der Waals surface area contributed by atoms with E-state index in [4.69, 9.17) is 9.72 Å². The van der Waals surface area contributed by atoms with Crippen LogP contribution in [0.15, 0.2) is 78.9 Å². The summed E-state index contributed by atoms with van der Waals surface area (Å²) in [4.78, 5) is 16.9. The standard InChI is InChI=1S/C24H19NO2/c1-16-10-12-17(13-11-16)22-15-18-6-3-4-9-21(18)23(25-22)19-7-5-8-20(14-19)24(26)27-2/h3-15H,1-2H3. The molecule has 0 fully saturated rings. The molecule has 3 aromatic carbocycles. The van der Waals surface area contributed by atoms with E-state index in [1.165, 1.54) is 12.7 Å². The van der Waals surface area contributed by atoms with E-state index < -0.39 is 0 Å². The first-order chi connectivity index (χ1) is 13.2. The van der Waals surface area contributed by atoms with Crippen LogP contribution in [0, 0.1) is 6.92 Å². The van der Waals surface area contributed by atoms with Crippen molar-refractivity contribution in [1.29, 1.82) is 0 Å². The third kappa shape index (κ3) is 3.32. The molecule has 3 nitrogen and oxygen atoms in total. The first-order valence-corrected chi connectivity index (χ1v) is 8.81. The van der Waals surface area contributed by atoms with E-state index in [1.54, 1.807) is 6.07 Å². The molecule has 0 saturated heterocycles. The zero-order valence-corrected chi connectivity index (χ0v) is 15.3. The molecule has 132 valence electrons. The average molecular weight is 353 g/mol. The Morgan fingerprint density at radius 1 is 0.852 bits per heavy atom. The van der Waals surface area contributed by atoms with Gasteiger partial charge in [0.15, 0.2) is 0 Å². The molecule has 4 aromatic rings. The summed E-state index contributed by atoms with van der Waals surface area (Å²) < 4.78 is 4.86. The Balaban J connectivity index is 1.94. The predicted molar refractivity (Wildman–Crippen MR) is 109 cm³/mol. The van der Waals surface area contributed by atoms with Crippen molar-refractivity contribution in [3.05, 3.63) is 90.0 Å². The Kier molecular flexibility index (Phi) is 4.43. The zero-order valence-electron chi connectivity index (χ0n) is 15.3. The number of rotatable bonds is 3. The lowest BCUT2D eigenvalue weighted by molar-refractivity contribution is 0.0601. The Labute approximate surface area is 158 Å². The Morgan fingerprint density at radius 2 is 1.63 bits per heavy atom. The molecule has 0 spiro atoms. The number of fused-ring (bicyclic) bond motifs is 1. The third-order valence-corrected chi connectivity index (χ3v) is 4.64. The van der Waals surface area contributed by atoms with Gasteiger partial charge in [0.25, 0.3) is 0 Å². The molecule has 0 saturated carbocycles. The Bertz CT molecular complexity index is 1130. The molecule has 0 unspecified atom stereocenters. The summed E-state index contributed by atoms with van der Waals surface area (Å²) in [5, 5.41) is 2.16. The number of esters is 1. The lowest BCUT2D eigenvalue weighted by atomic mass is 9.99. The predicted octanol–water partition coefficient (Wildman–Crippen LogP) is 5.66. The summed E-state index contributed by atoms with van der Waals surface area (Å²) in [5.74, 6) is -0.351. The number of aromatic nitrogens is 1. The maximum absolute atomic E-state index is 11.9. The molecule has 0 N–H and O–H groups in total. The number of carbonyl (C=O) groups is 1. The van der Waals surface area contributed by atoms with Crippen molar-refractivity contribution in [3.63, 3.8) is 0 Å². The number of methoxy groups -OCH3 is 1. The van der Waals surface area contributed by atoms with E-state index in [0.717, 1.165) is 33.3 Å². The van der Waals surface area contributed by atoms with Crippen LogP contribution < -0.4 is 0 Å². The number of nitrogens with zero attached hydrogens (tertiary/aromatic N) is 1. The molecule has 1 aromatic heterocycles. The first kappa shape index (κ1) is 17.0. The highest BCUT2D eigenvalue weighted by Crippen LogP contribution is 2.31. The molecule has 4 rings (SSSR count). The van der Waals surface area contributed by atoms with Crippen molar-refractivity contribution in [2.45, 2.75) is 6.92 Å². The fourth-order valence-corrected chi connectivity index (χ4v) is 3.20. The number of hydrogen-bond donors (Lipinski definition) is 0. The van der Waals surface area contributed by atoms with E-state index in [2.05, 4.69) is 49.4 Å². The van der Waals surface area contributed by atoms with Crippen LogP contribution in [0.2, 0.25) is 0 Å². The van der Waals surface area contributed by atoms with Gasteiger partial charge in [-0.1, -0.05) is 66.2 Å². The van der Waals surface area contributed by atoms with Crippen LogP contribution in [0.25, 0.3) is 33.3 Å². The van der Waals surface area contributed by atoms with Crippen molar-refractivity contribution in [2.75, 3.05) is 7.11 Å². The molecule has 0 radical (unpaired) electrons. The minimum atomic E-state index is -0.351. The summed E-state index contributed by atoms with van der Waals surface area (Å²) in [7, 11) is 1.39. The number of pyridine rings is 1. The summed E-state index contributed by atoms with van der Waals surface area (Å²) in [6.45, 7) is 2.07. The second-order valence-electron chi connectivity index (χ2n) is 6.52. The van der Waals surface area contributed by atoms with Gasteiger partial charge in [-0.15, -0.1) is 0 Å². The largest absolute Gasteiger partial charge is 0.465 e. The molecular weight excluding hydrogens is 334 g/mol. The maximum Gasteiger partial charge on any atom is 0.337 e. The summed E-state index contributed by atoms with van der Waals surface area (Å²) in [5.41, 5.74) is 5.45. The van der Waals surface area contributed by atoms with Crippen molar-refractivity contribution < 1.29 is 9.53 Å². The number of benzene rings is 3. The minimum absolute atomic E-state index is 0.351. The highest BCUT2D eigenvalue weighted by molar-refractivity contribution is 5.98. The molecule has 0 aliphatic carbocycles. The lowest BCUT2D eigenvalue weighted by Gasteiger charge is -2.11. The normalized spacial score (nSPS) is 10.7. The monoisotopic (exact) mass is 353 g/mol. The quantitative estimate of drug-likeness (QED) is 0.446. The van der Waals surface area contributed by atoms with Crippen LogP contribution in [-0.4, -0.2) is 18.1 Å². The second kappa shape index (κ2) is 7.04. The minimum Gasteiger partial charge on any atom is -0.465 e. The van der Waals surface area contributed by atoms with Gasteiger partial charge in [-0.3, -0.25) is 0 Å². The summed E-state index contributed by atoms with van der Waals surface area (Å²) in [6, 6.07) is 26.0. The molecule has 0 atom stereocenters. The van der Waals surface area contributed by atoms with Crippen LogP contribution in [0.3, 0.4) is 0 Å². The maximum atomic E-state index is 11.9. The zero-order chi connectivity index (χ0) is 18.8. The average Bonchev–Trinajstić information content (AvgIpc) is 2.73. The molecular formula is C24H19NO2. The van der Waals surface area contributed by atoms with Gasteiger partial charge >= 0.3 is 5.97 Å². The van der Waals surface area contributed by atoms with E-state index in [-0.39, 0.29) is 5.97 Å². The fourth-order valence-electron chi connectivity index (χ4n) is 3.20. The number of hydrogen-bond acceptors (Lipinski definition) is 3. The second-order valence-corrected chi connectivity index (χ2v) is 6.52. The van der Waals surface area contributed by atoms with Crippen LogP contribution in [0.4, 0.5) is 0 Å². The van der Waals surface area contributed by atoms with Crippen molar-refractivity contribution >= 4 is 16.7 Å². The van der Waals surface area contributed by atoms with E-state index >= 15 is 0 Å². The van der Waals surface area contributed by atoms with E-state index in [1.807, 2.05) is 30.3 Å². The van der Waals surface area contributed by atoms with Crippen LogP contribution in [0.5, 0.6) is 0 Å². The van der Waals surface area contributed by atoms with Gasteiger partial charge in [-0.2, -0.15) is 0 Å². The van der Waals surface area contributed by atoms with E-state index in [0.29, 0.717) is 5.56 Å². The molecule has 1 heterocycles. The van der Waals surface area contributed by atoms with E-state index in [9.17, 15) is 4.79 Å². The van der Waals surface area contributed by atoms with Crippen molar-refractivity contribution in [3.8, 4) is 22.5 Å². The lowest BCUT2D eigenvalue weighted by Crippen LogP contribution is -2.01. The third-order valence-electron chi connectivity index (χ3n) is 4.64. The van der Waals surface area contributed by atoms with Gasteiger partial charge in [0.05, 0.1) is 24.1 Å². The highest BCUT2D eigenvalue weighted by atomic mass is 16.5. The SMILES string of the molecule is COC(=O)c1cccc(-c2nc(-c3ccc(C)cc3)cc3ccccc23)c1. The van der Waals surface area contributed by atoms with Crippen LogP contribution in [0.1, 0.15) is 15.9 Å². The Morgan fingerprint density at radius 3 is 2.41 bits per heavy atom. The molecule has 0 aliphatic rings. The van der Waals surface area contributed by atoms with Gasteiger partial charge in [0.2, 0.25) is 0 Å². The van der Waals surface area contributed by atoms with Gasteiger partial charge in [0, 0.05) is 16.5 Å². The van der Waals surface area contributed by atoms with Gasteiger partial charge in [-0.05, 0) is 30.5 Å². The Hall–Kier alpha value is -3.46. The molecule has 3 heteroatoms. The first-order valence-electron chi connectivity index (χ1n) is 8.81. The number of carbonyl (C=O) groups excluding carboxylic acids is 1. The number of aryl methyl sites for hydroxylation is 1. The van der Waals surface area contributed by atoms with Gasteiger partial charge in [0.1, 0.15) is 0 Å². The number of ether oxygens (including phenoxy) is 1. The smallest absolute Gasteiger partial charge is 0.337 e. The van der Waals surface area contributed by atoms with Gasteiger partial charge < -0.3 is 4.74 Å². The molecule has 0 bridgehead atoms. The van der Waals surface area contributed by atoms with Crippen molar-refractivity contribution in [2.24, 2.45) is 0 Å². The van der Waals surface area contributed by atoms with Crippen LogP contribution >= 0.6 is 0 Å².